The maximum Gasteiger partial charge on any atom is 0.261 e. The molecule has 14 rings (SSSR count). The van der Waals surface area contributed by atoms with Gasteiger partial charge in [-0.25, -0.2) is 28.7 Å². The number of thiazole rings is 2. The standard InChI is InChI=1S/C45H53FN8O2SSi.C29H35FN8O2S/c1-6-38-43(50(5)44-48-39(32-57-44)33-19-21-34(46)22-20-33)54-40(47-38)23-24-41(49-54)53-28-27-52(30-42(55)51-25-13-14-26-51)35(29-53)31-56-58(45(2,3)4,36-15-9-7-10-16-36)37-17-11-8-12-18-37;1-3-23-28(34(2)29-32-24(19-41-29)20-6-8-21(30)9-7-20)38-25(31-23)10-11-26(33-38)37-15-14-36(22(16-37)18-39)17-27(40)35-12-4-5-13-35/h7-12,15-24,32,35H,6,13-14,25-31H2,1-5H3;6-11,19,22,39H,3-5,12-18H2,1-2H3/t35-;22-/m00/s1. The van der Waals surface area contributed by atoms with Crippen molar-refractivity contribution in [2.45, 2.75) is 90.3 Å². The predicted molar refractivity (Wildman–Crippen MR) is 393 cm³/mol. The van der Waals surface area contributed by atoms with E-state index >= 15 is 0 Å². The van der Waals surface area contributed by atoms with E-state index in [-0.39, 0.29) is 47.2 Å². The normalized spacial score (nSPS) is 17.2. The number of amides is 2. The van der Waals surface area contributed by atoms with Crippen molar-refractivity contribution in [1.29, 1.82) is 0 Å². The highest BCUT2D eigenvalue weighted by molar-refractivity contribution is 7.14. The lowest BCUT2D eigenvalue weighted by atomic mass is 10.1. The first-order chi connectivity index (χ1) is 48.0. The summed E-state index contributed by atoms with van der Waals surface area (Å²) in [5, 5.41) is 28.3. The van der Waals surface area contributed by atoms with Gasteiger partial charge < -0.3 is 38.9 Å². The Morgan fingerprint density at radius 1 is 0.556 bits per heavy atom. The Balaban J connectivity index is 0.000000189. The number of aryl methyl sites for hydroxylation is 2. The van der Waals surface area contributed by atoms with Crippen LogP contribution in [0.1, 0.15) is 71.7 Å². The molecule has 20 nitrogen and oxygen atoms in total. The number of likely N-dealkylation sites (tertiary alicyclic amines) is 2. The van der Waals surface area contributed by atoms with Crippen molar-refractivity contribution in [2.24, 2.45) is 0 Å². The lowest BCUT2D eigenvalue weighted by Crippen LogP contribution is -2.68. The number of hydrogen-bond acceptors (Lipinski definition) is 18. The van der Waals surface area contributed by atoms with Gasteiger partial charge in [-0.2, -0.15) is 9.03 Å². The van der Waals surface area contributed by atoms with Gasteiger partial charge in [0.25, 0.3) is 8.32 Å². The van der Waals surface area contributed by atoms with Crippen LogP contribution in [-0.4, -0.2) is 202 Å². The molecule has 4 aliphatic rings. The molecule has 2 amide bonds. The van der Waals surface area contributed by atoms with Gasteiger partial charge >= 0.3 is 0 Å². The number of benzene rings is 4. The fourth-order valence-corrected chi connectivity index (χ4v) is 20.5. The summed E-state index contributed by atoms with van der Waals surface area (Å²) in [5.74, 6) is 3.14. The van der Waals surface area contributed by atoms with E-state index in [1.54, 1.807) is 24.3 Å². The van der Waals surface area contributed by atoms with E-state index in [1.165, 1.54) is 57.3 Å². The fourth-order valence-electron chi connectivity index (χ4n) is 14.3. The smallest absolute Gasteiger partial charge is 0.261 e. The summed E-state index contributed by atoms with van der Waals surface area (Å²) < 4.78 is 38.4. The van der Waals surface area contributed by atoms with E-state index in [0.29, 0.717) is 52.4 Å². The third kappa shape index (κ3) is 14.6. The van der Waals surface area contributed by atoms with Crippen LogP contribution in [0.4, 0.5) is 42.3 Å². The molecule has 4 saturated heterocycles. The zero-order chi connectivity index (χ0) is 69.0. The number of aliphatic hydroxyl groups excluding tert-OH is 1. The molecule has 518 valence electrons. The van der Waals surface area contributed by atoms with Gasteiger partial charge in [0.15, 0.2) is 33.2 Å². The number of halogens is 2. The van der Waals surface area contributed by atoms with E-state index in [0.717, 1.165) is 150 Å². The number of piperazine rings is 2. The van der Waals surface area contributed by atoms with Crippen LogP contribution in [0.3, 0.4) is 0 Å². The maximum atomic E-state index is 13.7. The summed E-state index contributed by atoms with van der Waals surface area (Å²) in [6.07, 6.45) is 5.72. The minimum atomic E-state index is -2.84. The maximum absolute atomic E-state index is 13.7. The number of fused-ring (bicyclic) bond motifs is 2. The van der Waals surface area contributed by atoms with Crippen LogP contribution in [-0.2, 0) is 26.9 Å². The third-order valence-corrected chi connectivity index (χ3v) is 26.6. The van der Waals surface area contributed by atoms with E-state index in [4.69, 9.17) is 34.6 Å². The number of nitrogens with zero attached hydrogens (tertiary/aromatic N) is 16. The minimum absolute atomic E-state index is 0.0223. The number of hydrogen-bond donors (Lipinski definition) is 1. The van der Waals surface area contributed by atoms with E-state index in [1.807, 2.05) is 66.8 Å². The van der Waals surface area contributed by atoms with Gasteiger partial charge in [-0.15, -0.1) is 32.9 Å². The largest absolute Gasteiger partial charge is 0.406 e. The van der Waals surface area contributed by atoms with Gasteiger partial charge in [0.05, 0.1) is 55.1 Å². The van der Waals surface area contributed by atoms with Crippen LogP contribution in [0.25, 0.3) is 33.8 Å². The van der Waals surface area contributed by atoms with Crippen LogP contribution in [0.2, 0.25) is 5.04 Å². The number of rotatable bonds is 20. The molecule has 2 atom stereocenters. The first kappa shape index (κ1) is 68.9. The second-order valence-electron chi connectivity index (χ2n) is 27.0. The molecule has 0 saturated carbocycles. The Kier molecular flexibility index (Phi) is 21.0. The van der Waals surface area contributed by atoms with E-state index < -0.39 is 8.32 Å². The van der Waals surface area contributed by atoms with Crippen molar-refractivity contribution in [1.82, 2.24) is 58.8 Å². The summed E-state index contributed by atoms with van der Waals surface area (Å²) in [4.78, 5) is 63.0. The number of aromatic nitrogens is 8. The Morgan fingerprint density at radius 2 is 0.970 bits per heavy atom. The Bertz CT molecular complexity index is 4350. The van der Waals surface area contributed by atoms with Crippen LogP contribution in [0.15, 0.2) is 144 Å². The molecular weight excluding hydrogens is 1310 g/mol. The molecule has 25 heteroatoms. The second-order valence-corrected chi connectivity index (χ2v) is 33.0. The topological polar surface area (TPSA) is 176 Å². The van der Waals surface area contributed by atoms with Crippen LogP contribution in [0.5, 0.6) is 0 Å². The van der Waals surface area contributed by atoms with Crippen LogP contribution in [0, 0.1) is 11.6 Å². The van der Waals surface area contributed by atoms with Crippen molar-refractivity contribution in [2.75, 3.05) is 125 Å². The molecule has 4 aromatic carbocycles. The molecule has 0 aliphatic carbocycles. The fraction of sp³-hybridized carbons (Fsp3) is 0.405. The quantitative estimate of drug-likeness (QED) is 0.0713. The first-order valence-electron chi connectivity index (χ1n) is 34.6. The number of anilines is 6. The molecule has 6 aromatic heterocycles. The van der Waals surface area contributed by atoms with Crippen molar-refractivity contribution in [3.63, 3.8) is 0 Å². The number of aliphatic hydroxyl groups is 1. The molecule has 99 heavy (non-hydrogen) atoms. The van der Waals surface area contributed by atoms with Crippen molar-refractivity contribution in [3.05, 3.63) is 167 Å². The van der Waals surface area contributed by atoms with Gasteiger partial charge in [0.2, 0.25) is 11.8 Å². The van der Waals surface area contributed by atoms with Gasteiger partial charge in [0, 0.05) is 107 Å². The van der Waals surface area contributed by atoms with Crippen LogP contribution >= 0.6 is 22.7 Å². The van der Waals surface area contributed by atoms with E-state index in [2.05, 4.69) is 126 Å². The predicted octanol–water partition coefficient (Wildman–Crippen LogP) is 10.4. The summed E-state index contributed by atoms with van der Waals surface area (Å²) in [5.41, 5.74) is 6.64. The molecule has 4 aliphatic heterocycles. The summed E-state index contributed by atoms with van der Waals surface area (Å²) in [6.45, 7) is 19.6. The highest BCUT2D eigenvalue weighted by Crippen LogP contribution is 2.39. The summed E-state index contributed by atoms with van der Waals surface area (Å²) >= 11 is 3.04. The molecule has 0 bridgehead atoms. The van der Waals surface area contributed by atoms with Gasteiger partial charge in [-0.3, -0.25) is 19.4 Å². The Labute approximate surface area is 586 Å². The Hall–Kier alpha value is -8.56. The van der Waals surface area contributed by atoms with Gasteiger partial charge in [0.1, 0.15) is 23.3 Å². The average Bonchev–Trinajstić information content (AvgIpc) is 1.71. The number of imidazole rings is 2. The summed E-state index contributed by atoms with van der Waals surface area (Å²) in [6, 6.07) is 42.1. The SMILES string of the molecule is CCc1nc2ccc(N3CCN(CC(=O)N4CCCC4)[C@H](CO)C3)nn2c1N(C)c1nc(-c2ccc(F)cc2)cs1.CCc1nc2ccc(N3CCN(CC(=O)N4CCCC4)[C@H](CO[Si](c4ccccc4)(c4ccccc4)C(C)(C)C)C3)nn2c1N(C)c1nc(-c2ccc(F)cc2)cs1. The molecule has 4 fully saturated rings. The monoisotopic (exact) mass is 1390 g/mol. The van der Waals surface area contributed by atoms with Crippen LogP contribution < -0.4 is 30.0 Å². The average molecular weight is 1400 g/mol. The molecule has 0 spiro atoms. The first-order valence-corrected chi connectivity index (χ1v) is 38.2. The second kappa shape index (κ2) is 30.1. The molecule has 1 N–H and O–H groups in total. The minimum Gasteiger partial charge on any atom is -0.406 e. The zero-order valence-corrected chi connectivity index (χ0v) is 60.2. The molecule has 10 heterocycles. The molecule has 10 aromatic rings. The lowest BCUT2D eigenvalue weighted by molar-refractivity contribution is -0.133. The molecule has 0 unspecified atom stereocenters. The highest BCUT2D eigenvalue weighted by Gasteiger charge is 2.51. The molecular formula is C74H88F2N16O4S2Si. The highest BCUT2D eigenvalue weighted by atomic mass is 32.1. The van der Waals surface area contributed by atoms with E-state index in [9.17, 15) is 23.5 Å². The van der Waals surface area contributed by atoms with Gasteiger partial charge in [-0.1, -0.05) is 95.3 Å². The van der Waals surface area contributed by atoms with Crippen molar-refractivity contribution in [3.8, 4) is 22.5 Å². The van der Waals surface area contributed by atoms with Gasteiger partial charge in [-0.05, 0) is 127 Å². The zero-order valence-electron chi connectivity index (χ0n) is 57.6. The lowest BCUT2D eigenvalue weighted by Gasteiger charge is -2.46. The van der Waals surface area contributed by atoms with Crippen molar-refractivity contribution >= 4 is 98.0 Å². The number of carbonyl (C=O) groups is 2. The Morgan fingerprint density at radius 3 is 1.37 bits per heavy atom. The number of carbonyl (C=O) groups excluding carboxylic acids is 2. The third-order valence-electron chi connectivity index (χ3n) is 19.7. The van der Waals surface area contributed by atoms with Crippen molar-refractivity contribution < 1.29 is 27.9 Å². The summed E-state index contributed by atoms with van der Waals surface area (Å²) in [7, 11) is 1.12. The molecule has 0 radical (unpaired) electrons.